The van der Waals surface area contributed by atoms with Crippen molar-refractivity contribution in [2.75, 3.05) is 5.32 Å². The minimum atomic E-state index is -0.144. The van der Waals surface area contributed by atoms with Crippen LogP contribution in [0.5, 0.6) is 0 Å². The van der Waals surface area contributed by atoms with Gasteiger partial charge in [0.25, 0.3) is 5.91 Å². The molecule has 0 saturated heterocycles. The number of halogens is 1. The van der Waals surface area contributed by atoms with Crippen molar-refractivity contribution in [3.05, 3.63) is 75.7 Å². The highest BCUT2D eigenvalue weighted by atomic mass is 79.9. The van der Waals surface area contributed by atoms with Gasteiger partial charge in [-0.3, -0.25) is 10.1 Å². The van der Waals surface area contributed by atoms with Gasteiger partial charge < -0.3 is 0 Å². The lowest BCUT2D eigenvalue weighted by atomic mass is 10.2. The number of nitrogens with one attached hydrogen (secondary N) is 1. The molecule has 0 unspecified atom stereocenters. The Labute approximate surface area is 151 Å². The maximum absolute atomic E-state index is 12.1. The second-order valence-electron chi connectivity index (χ2n) is 4.71. The second-order valence-corrected chi connectivity index (χ2v) is 7.53. The molecule has 1 N–H and O–H groups in total. The molecule has 1 heterocycles. The maximum atomic E-state index is 12.1. The van der Waals surface area contributed by atoms with Crippen molar-refractivity contribution in [1.29, 1.82) is 0 Å². The Balaban J connectivity index is 1.58. The third kappa shape index (κ3) is 4.67. The fourth-order valence-corrected chi connectivity index (χ4v) is 3.76. The van der Waals surface area contributed by atoms with Gasteiger partial charge in [0.1, 0.15) is 0 Å². The number of nitrogens with zero attached hydrogens (tertiary/aromatic N) is 1. The Morgan fingerprint density at radius 2 is 1.87 bits per heavy atom. The predicted molar refractivity (Wildman–Crippen MR) is 100 cm³/mol. The van der Waals surface area contributed by atoms with Crippen molar-refractivity contribution in [3.8, 4) is 0 Å². The van der Waals surface area contributed by atoms with E-state index < -0.39 is 0 Å². The number of benzene rings is 2. The molecule has 0 atom stereocenters. The van der Waals surface area contributed by atoms with Gasteiger partial charge in [0.15, 0.2) is 5.13 Å². The summed E-state index contributed by atoms with van der Waals surface area (Å²) in [4.78, 5) is 17.8. The smallest absolute Gasteiger partial charge is 0.257 e. The van der Waals surface area contributed by atoms with E-state index >= 15 is 0 Å². The lowest BCUT2D eigenvalue weighted by molar-refractivity contribution is 0.102. The highest BCUT2D eigenvalue weighted by Crippen LogP contribution is 2.25. The van der Waals surface area contributed by atoms with Crippen molar-refractivity contribution < 1.29 is 4.79 Å². The van der Waals surface area contributed by atoms with Crippen LogP contribution < -0.4 is 5.32 Å². The molecule has 3 nitrogen and oxygen atoms in total. The molecule has 2 aromatic carbocycles. The fraction of sp³-hybridized carbons (Fsp3) is 0.0588. The van der Waals surface area contributed by atoms with E-state index in [0.717, 1.165) is 15.9 Å². The maximum Gasteiger partial charge on any atom is 0.257 e. The fourth-order valence-electron chi connectivity index (χ4n) is 1.88. The SMILES string of the molecule is O=C(Nc1nc(CSc2ccccc2)cs1)c1ccc(Br)cc1. The first-order valence-electron chi connectivity index (χ1n) is 6.90. The van der Waals surface area contributed by atoms with Crippen LogP contribution in [0.25, 0.3) is 0 Å². The summed E-state index contributed by atoms with van der Waals surface area (Å²) in [6, 6.07) is 17.4. The molecule has 0 saturated carbocycles. The number of rotatable bonds is 5. The predicted octanol–water partition coefficient (Wildman–Crippen LogP) is 5.45. The van der Waals surface area contributed by atoms with E-state index in [1.165, 1.54) is 16.2 Å². The minimum absolute atomic E-state index is 0.144. The molecule has 0 bridgehead atoms. The van der Waals surface area contributed by atoms with Crippen LogP contribution in [0.4, 0.5) is 5.13 Å². The Kier molecular flexibility index (Phi) is 5.48. The van der Waals surface area contributed by atoms with E-state index in [-0.39, 0.29) is 5.91 Å². The van der Waals surface area contributed by atoms with Crippen LogP contribution in [0.3, 0.4) is 0 Å². The summed E-state index contributed by atoms with van der Waals surface area (Å²) in [5.74, 6) is 0.642. The first-order chi connectivity index (χ1) is 11.2. The van der Waals surface area contributed by atoms with Crippen LogP contribution in [0.1, 0.15) is 16.1 Å². The van der Waals surface area contributed by atoms with Crippen LogP contribution in [0.2, 0.25) is 0 Å². The molecule has 6 heteroatoms. The molecule has 0 aliphatic heterocycles. The highest BCUT2D eigenvalue weighted by Gasteiger charge is 2.09. The first kappa shape index (κ1) is 16.2. The van der Waals surface area contributed by atoms with Gasteiger partial charge >= 0.3 is 0 Å². The van der Waals surface area contributed by atoms with Gasteiger partial charge in [-0.2, -0.15) is 0 Å². The molecule has 0 aliphatic carbocycles. The Hall–Kier alpha value is -1.63. The number of thioether (sulfide) groups is 1. The van der Waals surface area contributed by atoms with Gasteiger partial charge in [-0.05, 0) is 36.4 Å². The van der Waals surface area contributed by atoms with Gasteiger partial charge in [-0.25, -0.2) is 4.98 Å². The summed E-state index contributed by atoms with van der Waals surface area (Å²) in [6.45, 7) is 0. The van der Waals surface area contributed by atoms with Gasteiger partial charge in [0.05, 0.1) is 5.69 Å². The topological polar surface area (TPSA) is 42.0 Å². The monoisotopic (exact) mass is 404 g/mol. The number of hydrogen-bond acceptors (Lipinski definition) is 4. The van der Waals surface area contributed by atoms with E-state index in [0.29, 0.717) is 10.7 Å². The van der Waals surface area contributed by atoms with Crippen molar-refractivity contribution in [3.63, 3.8) is 0 Å². The largest absolute Gasteiger partial charge is 0.298 e. The van der Waals surface area contributed by atoms with Crippen molar-refractivity contribution in [2.45, 2.75) is 10.6 Å². The molecule has 0 aliphatic rings. The Bertz CT molecular complexity index is 788. The summed E-state index contributed by atoms with van der Waals surface area (Å²) in [5.41, 5.74) is 1.58. The van der Waals surface area contributed by atoms with Crippen LogP contribution >= 0.6 is 39.0 Å². The Morgan fingerprint density at radius 3 is 2.61 bits per heavy atom. The average molecular weight is 405 g/mol. The van der Waals surface area contributed by atoms with Gasteiger partial charge in [-0.1, -0.05) is 34.1 Å². The number of carbonyl (C=O) groups excluding carboxylic acids is 1. The molecule has 0 spiro atoms. The van der Waals surface area contributed by atoms with Gasteiger partial charge in [-0.15, -0.1) is 23.1 Å². The number of anilines is 1. The molecule has 3 aromatic rings. The van der Waals surface area contributed by atoms with Crippen molar-refractivity contribution in [2.24, 2.45) is 0 Å². The number of thiazole rings is 1. The average Bonchev–Trinajstić information content (AvgIpc) is 3.02. The molecule has 23 heavy (non-hydrogen) atoms. The normalized spacial score (nSPS) is 10.5. The van der Waals surface area contributed by atoms with Crippen LogP contribution in [-0.2, 0) is 5.75 Å². The van der Waals surface area contributed by atoms with E-state index in [2.05, 4.69) is 38.4 Å². The van der Waals surface area contributed by atoms with E-state index in [4.69, 9.17) is 0 Å². The summed E-state index contributed by atoms with van der Waals surface area (Å²) in [5, 5.41) is 5.45. The molecule has 1 aromatic heterocycles. The lowest BCUT2D eigenvalue weighted by Crippen LogP contribution is -2.11. The third-order valence-electron chi connectivity index (χ3n) is 3.01. The molecule has 3 rings (SSSR count). The van der Waals surface area contributed by atoms with Crippen molar-refractivity contribution in [1.82, 2.24) is 4.98 Å². The van der Waals surface area contributed by atoms with Crippen LogP contribution in [0, 0.1) is 0 Å². The van der Waals surface area contributed by atoms with E-state index in [1.54, 1.807) is 23.9 Å². The van der Waals surface area contributed by atoms with Crippen molar-refractivity contribution >= 4 is 50.1 Å². The third-order valence-corrected chi connectivity index (χ3v) is 5.39. The molecule has 0 fully saturated rings. The summed E-state index contributed by atoms with van der Waals surface area (Å²) in [6.07, 6.45) is 0. The minimum Gasteiger partial charge on any atom is -0.298 e. The highest BCUT2D eigenvalue weighted by molar-refractivity contribution is 9.10. The second kappa shape index (κ2) is 7.77. The zero-order valence-electron chi connectivity index (χ0n) is 12.0. The van der Waals surface area contributed by atoms with E-state index in [1.807, 2.05) is 35.7 Å². The molecule has 1 amide bonds. The Morgan fingerprint density at radius 1 is 1.13 bits per heavy atom. The van der Waals surface area contributed by atoms with E-state index in [9.17, 15) is 4.79 Å². The summed E-state index contributed by atoms with van der Waals surface area (Å²) >= 11 is 6.53. The number of aromatic nitrogens is 1. The summed E-state index contributed by atoms with van der Waals surface area (Å²) < 4.78 is 0.948. The zero-order chi connectivity index (χ0) is 16.1. The van der Waals surface area contributed by atoms with Crippen LogP contribution in [-0.4, -0.2) is 10.9 Å². The van der Waals surface area contributed by atoms with Gasteiger partial charge in [0.2, 0.25) is 0 Å². The first-order valence-corrected chi connectivity index (χ1v) is 9.56. The molecule has 116 valence electrons. The molecule has 0 radical (unpaired) electrons. The standard InChI is InChI=1S/C17H13BrN2OS2/c18-13-8-6-12(7-9-13)16(21)20-17-19-14(11-23-17)10-22-15-4-2-1-3-5-15/h1-9,11H,10H2,(H,19,20,21). The zero-order valence-corrected chi connectivity index (χ0v) is 15.2. The summed E-state index contributed by atoms with van der Waals surface area (Å²) in [7, 11) is 0. The molecular formula is C17H13BrN2OS2. The van der Waals surface area contributed by atoms with Gasteiger partial charge in [0, 0.05) is 26.1 Å². The molecular weight excluding hydrogens is 392 g/mol. The lowest BCUT2D eigenvalue weighted by Gasteiger charge is -2.01. The number of amides is 1. The number of carbonyl (C=O) groups is 1. The number of hydrogen-bond donors (Lipinski definition) is 1. The quantitative estimate of drug-likeness (QED) is 0.574. The van der Waals surface area contributed by atoms with Crippen LogP contribution in [0.15, 0.2) is 69.3 Å².